The van der Waals surface area contributed by atoms with Crippen LogP contribution in [0.1, 0.15) is 18.1 Å². The SMILES string of the molecule is CC(=N)c1ccc(-c2ccc(-n3ccnc3)cc2)c(F)c1Nc1cccc(CN)c1. The predicted octanol–water partition coefficient (Wildman–Crippen LogP) is 5.27. The molecular weight excluding hydrogens is 377 g/mol. The van der Waals surface area contributed by atoms with E-state index in [0.717, 1.165) is 22.5 Å². The van der Waals surface area contributed by atoms with Crippen LogP contribution in [-0.2, 0) is 6.54 Å². The zero-order chi connectivity index (χ0) is 21.1. The molecule has 0 aliphatic rings. The lowest BCUT2D eigenvalue weighted by atomic mass is 9.99. The predicted molar refractivity (Wildman–Crippen MR) is 119 cm³/mol. The van der Waals surface area contributed by atoms with Crippen molar-refractivity contribution in [2.75, 3.05) is 5.32 Å². The van der Waals surface area contributed by atoms with Crippen molar-refractivity contribution >= 4 is 17.1 Å². The number of benzene rings is 3. The van der Waals surface area contributed by atoms with Gasteiger partial charge in [0.25, 0.3) is 0 Å². The molecule has 1 heterocycles. The van der Waals surface area contributed by atoms with Gasteiger partial charge in [-0.2, -0.15) is 0 Å². The van der Waals surface area contributed by atoms with Crippen LogP contribution in [0.15, 0.2) is 79.4 Å². The minimum Gasteiger partial charge on any atom is -0.353 e. The highest BCUT2D eigenvalue weighted by Crippen LogP contribution is 2.33. The third-order valence-electron chi connectivity index (χ3n) is 4.96. The van der Waals surface area contributed by atoms with E-state index in [0.29, 0.717) is 17.7 Å². The second-order valence-corrected chi connectivity index (χ2v) is 7.02. The molecule has 4 aromatic rings. The second kappa shape index (κ2) is 8.31. The van der Waals surface area contributed by atoms with E-state index in [-0.39, 0.29) is 11.4 Å². The fourth-order valence-corrected chi connectivity index (χ4v) is 3.38. The zero-order valence-electron chi connectivity index (χ0n) is 16.6. The van der Waals surface area contributed by atoms with Crippen LogP contribution in [0.4, 0.5) is 15.8 Å². The summed E-state index contributed by atoms with van der Waals surface area (Å²) < 4.78 is 17.5. The quantitative estimate of drug-likeness (QED) is 0.387. The van der Waals surface area contributed by atoms with Gasteiger partial charge in [0.1, 0.15) is 0 Å². The van der Waals surface area contributed by atoms with Crippen LogP contribution in [0.3, 0.4) is 0 Å². The van der Waals surface area contributed by atoms with Crippen LogP contribution in [0.5, 0.6) is 0 Å². The van der Waals surface area contributed by atoms with Gasteiger partial charge in [-0.25, -0.2) is 9.37 Å². The van der Waals surface area contributed by atoms with Crippen molar-refractivity contribution in [3.63, 3.8) is 0 Å². The van der Waals surface area contributed by atoms with Gasteiger partial charge in [0.2, 0.25) is 0 Å². The van der Waals surface area contributed by atoms with Crippen molar-refractivity contribution in [1.82, 2.24) is 9.55 Å². The fraction of sp³-hybridized carbons (Fsp3) is 0.0833. The van der Waals surface area contributed by atoms with E-state index in [4.69, 9.17) is 11.1 Å². The monoisotopic (exact) mass is 399 g/mol. The molecule has 0 fully saturated rings. The maximum atomic E-state index is 15.6. The Hall–Kier alpha value is -3.77. The Kier molecular flexibility index (Phi) is 5.41. The topological polar surface area (TPSA) is 79.7 Å². The van der Waals surface area contributed by atoms with Gasteiger partial charge in [0.05, 0.1) is 12.0 Å². The van der Waals surface area contributed by atoms with Crippen LogP contribution >= 0.6 is 0 Å². The molecule has 0 aliphatic heterocycles. The Morgan fingerprint density at radius 3 is 2.60 bits per heavy atom. The number of imidazole rings is 1. The molecule has 0 saturated heterocycles. The first-order valence-corrected chi connectivity index (χ1v) is 9.59. The van der Waals surface area contributed by atoms with Gasteiger partial charge in [0.15, 0.2) is 5.82 Å². The van der Waals surface area contributed by atoms with Crippen LogP contribution in [0.25, 0.3) is 16.8 Å². The van der Waals surface area contributed by atoms with Crippen LogP contribution in [-0.4, -0.2) is 15.3 Å². The smallest absolute Gasteiger partial charge is 0.155 e. The summed E-state index contributed by atoms with van der Waals surface area (Å²) in [5.74, 6) is -0.396. The first-order valence-electron chi connectivity index (χ1n) is 9.59. The lowest BCUT2D eigenvalue weighted by Gasteiger charge is -2.16. The lowest BCUT2D eigenvalue weighted by molar-refractivity contribution is 0.635. The Labute approximate surface area is 174 Å². The van der Waals surface area contributed by atoms with Crippen molar-refractivity contribution in [2.24, 2.45) is 5.73 Å². The molecule has 0 saturated carbocycles. The maximum Gasteiger partial charge on any atom is 0.155 e. The number of anilines is 2. The minimum absolute atomic E-state index is 0.285. The Morgan fingerprint density at radius 2 is 1.93 bits per heavy atom. The first kappa shape index (κ1) is 19.5. The van der Waals surface area contributed by atoms with Gasteiger partial charge in [0, 0.05) is 47.2 Å². The number of nitrogens with two attached hydrogens (primary N) is 1. The summed E-state index contributed by atoms with van der Waals surface area (Å²) in [4.78, 5) is 4.05. The van der Waals surface area contributed by atoms with Crippen LogP contribution in [0, 0.1) is 11.2 Å². The highest BCUT2D eigenvalue weighted by molar-refractivity contribution is 6.03. The van der Waals surface area contributed by atoms with E-state index in [9.17, 15) is 0 Å². The molecule has 3 aromatic carbocycles. The molecule has 0 amide bonds. The van der Waals surface area contributed by atoms with E-state index in [1.165, 1.54) is 0 Å². The molecule has 0 spiro atoms. The first-order chi connectivity index (χ1) is 14.6. The standard InChI is InChI=1S/C24H22FN5/c1-16(27)21-9-10-22(18-5-7-20(8-6-18)30-12-11-28-15-30)23(25)24(21)29-19-4-2-3-17(13-19)14-26/h2-13,15,27,29H,14,26H2,1H3. The molecule has 4 rings (SSSR count). The van der Waals surface area contributed by atoms with E-state index in [1.807, 2.05) is 59.3 Å². The molecule has 150 valence electrons. The molecule has 0 unspecified atom stereocenters. The molecule has 4 N–H and O–H groups in total. The summed E-state index contributed by atoms with van der Waals surface area (Å²) in [7, 11) is 0. The summed E-state index contributed by atoms with van der Waals surface area (Å²) in [6, 6.07) is 18.6. The summed E-state index contributed by atoms with van der Waals surface area (Å²) >= 11 is 0. The van der Waals surface area contributed by atoms with Crippen molar-refractivity contribution < 1.29 is 4.39 Å². The van der Waals surface area contributed by atoms with Gasteiger partial charge >= 0.3 is 0 Å². The van der Waals surface area contributed by atoms with Crippen molar-refractivity contribution in [2.45, 2.75) is 13.5 Å². The summed E-state index contributed by atoms with van der Waals surface area (Å²) in [6.07, 6.45) is 5.28. The van der Waals surface area contributed by atoms with Crippen LogP contribution < -0.4 is 11.1 Å². The highest BCUT2D eigenvalue weighted by Gasteiger charge is 2.16. The zero-order valence-corrected chi connectivity index (χ0v) is 16.6. The number of nitrogens with one attached hydrogen (secondary N) is 2. The van der Waals surface area contributed by atoms with Gasteiger partial charge in [-0.1, -0.05) is 36.4 Å². The largest absolute Gasteiger partial charge is 0.353 e. The molecular formula is C24H22FN5. The fourth-order valence-electron chi connectivity index (χ4n) is 3.38. The third kappa shape index (κ3) is 3.86. The maximum absolute atomic E-state index is 15.6. The van der Waals surface area contributed by atoms with Crippen molar-refractivity contribution in [3.05, 3.63) is 96.3 Å². The van der Waals surface area contributed by atoms with E-state index < -0.39 is 5.82 Å². The second-order valence-electron chi connectivity index (χ2n) is 7.02. The number of hydrogen-bond donors (Lipinski definition) is 3. The molecule has 0 atom stereocenters. The van der Waals surface area contributed by atoms with Gasteiger partial charge in [-0.05, 0) is 42.3 Å². The lowest BCUT2D eigenvalue weighted by Crippen LogP contribution is -2.05. The van der Waals surface area contributed by atoms with Gasteiger partial charge in [-0.15, -0.1) is 0 Å². The molecule has 0 radical (unpaired) electrons. The van der Waals surface area contributed by atoms with Crippen molar-refractivity contribution in [3.8, 4) is 16.8 Å². The number of rotatable bonds is 6. The van der Waals surface area contributed by atoms with Crippen LogP contribution in [0.2, 0.25) is 0 Å². The minimum atomic E-state index is -0.396. The average Bonchev–Trinajstić information content (AvgIpc) is 3.30. The number of halogens is 1. The van der Waals surface area contributed by atoms with E-state index in [2.05, 4.69) is 10.3 Å². The molecule has 1 aromatic heterocycles. The number of aromatic nitrogens is 2. The molecule has 0 aliphatic carbocycles. The summed E-state index contributed by atoms with van der Waals surface area (Å²) in [5, 5.41) is 11.2. The average molecular weight is 399 g/mol. The third-order valence-corrected chi connectivity index (χ3v) is 4.96. The molecule has 0 bridgehead atoms. The highest BCUT2D eigenvalue weighted by atomic mass is 19.1. The summed E-state index contributed by atoms with van der Waals surface area (Å²) in [6.45, 7) is 2.05. The van der Waals surface area contributed by atoms with Gasteiger partial charge in [-0.3, -0.25) is 0 Å². The Bertz CT molecular complexity index is 1180. The summed E-state index contributed by atoms with van der Waals surface area (Å²) in [5.41, 5.74) is 10.7. The molecule has 30 heavy (non-hydrogen) atoms. The van der Waals surface area contributed by atoms with E-state index >= 15 is 4.39 Å². The van der Waals surface area contributed by atoms with E-state index in [1.54, 1.807) is 31.6 Å². The molecule has 5 nitrogen and oxygen atoms in total. The molecule has 6 heteroatoms. The van der Waals surface area contributed by atoms with Gasteiger partial charge < -0.3 is 21.0 Å². The number of nitrogens with zero attached hydrogens (tertiary/aromatic N) is 2. The normalized spacial score (nSPS) is 10.8. The Morgan fingerprint density at radius 1 is 1.13 bits per heavy atom. The number of hydrogen-bond acceptors (Lipinski definition) is 4. The Balaban J connectivity index is 1.74. The van der Waals surface area contributed by atoms with Crippen molar-refractivity contribution in [1.29, 1.82) is 5.41 Å².